The van der Waals surface area contributed by atoms with Gasteiger partial charge in [0.25, 0.3) is 0 Å². The Bertz CT molecular complexity index is 2460. The summed E-state index contributed by atoms with van der Waals surface area (Å²) in [6.07, 6.45) is 3.33. The van der Waals surface area contributed by atoms with Crippen molar-refractivity contribution in [3.8, 4) is 23.2 Å². The van der Waals surface area contributed by atoms with E-state index in [0.717, 1.165) is 62.6 Å². The van der Waals surface area contributed by atoms with Crippen molar-refractivity contribution in [3.63, 3.8) is 0 Å². The van der Waals surface area contributed by atoms with Crippen molar-refractivity contribution in [2.45, 2.75) is 116 Å². The van der Waals surface area contributed by atoms with Crippen LogP contribution < -0.4 is 15.0 Å². The van der Waals surface area contributed by atoms with Gasteiger partial charge in [-0.3, -0.25) is 19.9 Å². The lowest BCUT2D eigenvalue weighted by atomic mass is 9.97. The molecule has 344 valence electrons. The van der Waals surface area contributed by atoms with Gasteiger partial charge in [0.15, 0.2) is 5.82 Å². The average molecular weight is 926 g/mol. The molecule has 19 heteroatoms. The Balaban J connectivity index is 1.24. The van der Waals surface area contributed by atoms with Crippen LogP contribution in [0.2, 0.25) is 5.02 Å². The zero-order chi connectivity index (χ0) is 46.1. The Morgan fingerprint density at radius 1 is 1.02 bits per heavy atom. The summed E-state index contributed by atoms with van der Waals surface area (Å²) in [5, 5.41) is 22.2. The van der Waals surface area contributed by atoms with Gasteiger partial charge in [0.2, 0.25) is 0 Å². The molecular weight excluding hydrogens is 872 g/mol. The molecule has 0 spiro atoms. The van der Waals surface area contributed by atoms with Crippen molar-refractivity contribution in [2.24, 2.45) is 0 Å². The fraction of sp³-hybridized carbons (Fsp3) is 0.556. The normalized spacial score (nSPS) is 19.0. The van der Waals surface area contributed by atoms with Crippen LogP contribution >= 0.6 is 22.9 Å². The maximum atomic E-state index is 17.6. The number of carbonyl (C=O) groups is 3. The summed E-state index contributed by atoms with van der Waals surface area (Å²) in [6, 6.07) is 5.69. The van der Waals surface area contributed by atoms with Crippen LogP contribution in [-0.4, -0.2) is 118 Å². The second-order valence-corrected chi connectivity index (χ2v) is 19.8. The van der Waals surface area contributed by atoms with Crippen molar-refractivity contribution >= 4 is 72.9 Å². The summed E-state index contributed by atoms with van der Waals surface area (Å²) in [7, 11) is 0. The van der Waals surface area contributed by atoms with E-state index in [2.05, 4.69) is 21.3 Å². The van der Waals surface area contributed by atoms with Gasteiger partial charge in [-0.15, -0.1) is 11.3 Å². The SMILES string of the molecule is CC(C)(C)OC(=O)Nc1sc2c(F)ccc(-c3c(Cl)cc4c(N5CC6CCC(C5)N6C(=O)OC(C)(C)C)nc(OC[C@@H]5CCCN5CCCOCCCC(=O)O)nc4c3F)c2c1C#N. The number of carbonyl (C=O) groups excluding carboxylic acids is 2. The van der Waals surface area contributed by atoms with E-state index in [4.69, 9.17) is 40.6 Å². The number of piperazine rings is 1. The number of benzene rings is 2. The fourth-order valence-electron chi connectivity index (χ4n) is 8.72. The molecule has 0 saturated carbocycles. The number of fused-ring (bicyclic) bond motifs is 4. The molecule has 4 aromatic rings. The number of likely N-dealkylation sites (tertiary alicyclic amines) is 1. The van der Waals surface area contributed by atoms with Crippen LogP contribution in [0.15, 0.2) is 18.2 Å². The molecule has 3 aliphatic rings. The van der Waals surface area contributed by atoms with Crippen LogP contribution in [0.1, 0.15) is 92.1 Å². The lowest BCUT2D eigenvalue weighted by Crippen LogP contribution is -2.57. The highest BCUT2D eigenvalue weighted by atomic mass is 35.5. The lowest BCUT2D eigenvalue weighted by Gasteiger charge is -2.42. The molecule has 3 saturated heterocycles. The van der Waals surface area contributed by atoms with Crippen molar-refractivity contribution < 1.29 is 47.2 Å². The van der Waals surface area contributed by atoms with Crippen LogP contribution in [0.25, 0.3) is 32.1 Å². The number of halogens is 3. The summed E-state index contributed by atoms with van der Waals surface area (Å²) in [6.45, 7) is 14.0. The van der Waals surface area contributed by atoms with E-state index in [0.29, 0.717) is 43.9 Å². The molecule has 2 amide bonds. The zero-order valence-electron chi connectivity index (χ0n) is 36.9. The molecule has 2 N–H and O–H groups in total. The Hall–Kier alpha value is -5.09. The Morgan fingerprint density at radius 2 is 1.72 bits per heavy atom. The van der Waals surface area contributed by atoms with E-state index in [1.807, 2.05) is 25.7 Å². The van der Waals surface area contributed by atoms with Gasteiger partial charge in [-0.2, -0.15) is 15.2 Å². The van der Waals surface area contributed by atoms with E-state index in [-0.39, 0.29) is 85.6 Å². The number of nitriles is 1. The molecule has 0 radical (unpaired) electrons. The molecule has 7 rings (SSSR count). The van der Waals surface area contributed by atoms with Gasteiger partial charge in [0.05, 0.1) is 27.4 Å². The maximum Gasteiger partial charge on any atom is 0.412 e. The minimum Gasteiger partial charge on any atom is -0.481 e. The summed E-state index contributed by atoms with van der Waals surface area (Å²) >= 11 is 7.85. The molecule has 15 nitrogen and oxygen atoms in total. The number of aliphatic carboxylic acids is 1. The summed E-state index contributed by atoms with van der Waals surface area (Å²) in [4.78, 5) is 52.6. The number of rotatable bonds is 14. The largest absolute Gasteiger partial charge is 0.481 e. The minimum atomic E-state index is -0.850. The third-order valence-electron chi connectivity index (χ3n) is 11.3. The van der Waals surface area contributed by atoms with Crippen molar-refractivity contribution in [3.05, 3.63) is 40.4 Å². The quantitative estimate of drug-likeness (QED) is 0.114. The monoisotopic (exact) mass is 925 g/mol. The average Bonchev–Trinajstić information content (AvgIpc) is 3.89. The summed E-state index contributed by atoms with van der Waals surface area (Å²) in [5.41, 5.74) is -1.74. The van der Waals surface area contributed by atoms with Crippen molar-refractivity contribution in [2.75, 3.05) is 56.2 Å². The number of nitrogens with one attached hydrogen (secondary N) is 1. The summed E-state index contributed by atoms with van der Waals surface area (Å²) in [5.74, 6) is -2.00. The van der Waals surface area contributed by atoms with Gasteiger partial charge < -0.3 is 29.0 Å². The molecule has 64 heavy (non-hydrogen) atoms. The van der Waals surface area contributed by atoms with Crippen LogP contribution in [0.5, 0.6) is 6.01 Å². The highest BCUT2D eigenvalue weighted by Gasteiger charge is 2.45. The number of hydrogen-bond acceptors (Lipinski definition) is 13. The number of anilines is 2. The first-order valence-corrected chi connectivity index (χ1v) is 22.8. The molecule has 2 bridgehead atoms. The minimum absolute atomic E-state index is 0.00673. The third-order valence-corrected chi connectivity index (χ3v) is 12.7. The predicted octanol–water partition coefficient (Wildman–Crippen LogP) is 9.36. The van der Waals surface area contributed by atoms with Gasteiger partial charge in [0, 0.05) is 61.6 Å². The molecule has 2 unspecified atom stereocenters. The van der Waals surface area contributed by atoms with Crippen molar-refractivity contribution in [1.29, 1.82) is 5.26 Å². The number of nitrogens with zero attached hydrogens (tertiary/aromatic N) is 6. The lowest BCUT2D eigenvalue weighted by molar-refractivity contribution is -0.137. The Morgan fingerprint density at radius 3 is 2.39 bits per heavy atom. The third kappa shape index (κ3) is 10.5. The molecule has 3 fully saturated rings. The van der Waals surface area contributed by atoms with E-state index in [1.54, 1.807) is 31.7 Å². The number of amides is 2. The highest BCUT2D eigenvalue weighted by molar-refractivity contribution is 7.23. The van der Waals surface area contributed by atoms with E-state index >= 15 is 8.78 Å². The van der Waals surface area contributed by atoms with Crippen molar-refractivity contribution in [1.82, 2.24) is 19.8 Å². The number of carboxylic acid groups (broad SMARTS) is 1. The molecule has 3 atom stereocenters. The van der Waals surface area contributed by atoms with Crippen LogP contribution in [0.3, 0.4) is 0 Å². The van der Waals surface area contributed by atoms with E-state index < -0.39 is 34.9 Å². The standard InChI is InChI=1S/C45H54ClF2N7O8S/c1-44(2,3)62-42(58)52-40-30(21-49)34-28(14-15-32(47)38(34)64-40)35-31(46)20-29-37(36(35)48)50-41(61-24-27-10-7-16-53(27)17-9-19-60-18-8-11-33(56)57)51-39(29)54-22-25-12-13-26(23-54)55(25)43(59)63-45(4,5)6/h14-15,20,25-27H,7-13,16-19,22-24H2,1-6H3,(H,52,58)(H,56,57)/t25?,26?,27-/m0/s1. The Labute approximate surface area is 379 Å². The first-order chi connectivity index (χ1) is 30.3. The maximum absolute atomic E-state index is 17.6. The second-order valence-electron chi connectivity index (χ2n) is 18.4. The topological polar surface area (TPSA) is 180 Å². The summed E-state index contributed by atoms with van der Waals surface area (Å²) < 4.78 is 56.3. The number of thiophene rings is 1. The number of hydrogen-bond donors (Lipinski definition) is 2. The van der Waals surface area contributed by atoms with E-state index in [1.165, 1.54) is 6.07 Å². The van der Waals surface area contributed by atoms with Gasteiger partial charge in [-0.1, -0.05) is 17.7 Å². The van der Waals surface area contributed by atoms with Gasteiger partial charge in [0.1, 0.15) is 46.0 Å². The van der Waals surface area contributed by atoms with Gasteiger partial charge in [-0.25, -0.2) is 18.4 Å². The first-order valence-electron chi connectivity index (χ1n) is 21.6. The number of ether oxygens (including phenoxy) is 4. The first kappa shape index (κ1) is 46.9. The molecule has 2 aromatic carbocycles. The second kappa shape index (κ2) is 19.2. The Kier molecular flexibility index (Phi) is 14.0. The molecule has 3 aliphatic heterocycles. The molecule has 5 heterocycles. The van der Waals surface area contributed by atoms with E-state index in [9.17, 15) is 19.6 Å². The fourth-order valence-corrected chi connectivity index (χ4v) is 10.1. The molecular formula is C45H54ClF2N7O8S. The van der Waals surface area contributed by atoms with Crippen LogP contribution in [0.4, 0.5) is 29.2 Å². The smallest absolute Gasteiger partial charge is 0.412 e. The number of carboxylic acids is 1. The van der Waals surface area contributed by atoms with Gasteiger partial charge >= 0.3 is 24.2 Å². The molecule has 2 aromatic heterocycles. The zero-order valence-corrected chi connectivity index (χ0v) is 38.5. The van der Waals surface area contributed by atoms with Crippen LogP contribution in [-0.2, 0) is 19.0 Å². The predicted molar refractivity (Wildman–Crippen MR) is 239 cm³/mol. The van der Waals surface area contributed by atoms with Crippen LogP contribution in [0, 0.1) is 23.0 Å². The number of aromatic nitrogens is 2. The highest BCUT2D eigenvalue weighted by Crippen LogP contribution is 2.47. The molecule has 0 aliphatic carbocycles. The van der Waals surface area contributed by atoms with Gasteiger partial charge in [-0.05, 0) is 104 Å².